The molecule has 7 unspecified atom stereocenters. The van der Waals surface area contributed by atoms with Crippen molar-refractivity contribution in [3.63, 3.8) is 0 Å². The summed E-state index contributed by atoms with van der Waals surface area (Å²) in [5.41, 5.74) is 0.836. The number of rotatable bonds is 3. The summed E-state index contributed by atoms with van der Waals surface area (Å²) in [5, 5.41) is 0. The highest BCUT2D eigenvalue weighted by Gasteiger charge is 2.86. The minimum Gasteiger partial charge on any atom is -0.0651 e. The van der Waals surface area contributed by atoms with Gasteiger partial charge in [0.1, 0.15) is 0 Å². The maximum absolute atomic E-state index is 2.54. The highest BCUT2D eigenvalue weighted by molar-refractivity contribution is 5.33. The van der Waals surface area contributed by atoms with E-state index in [1.165, 1.54) is 24.7 Å². The molecule has 0 aromatic carbocycles. The zero-order chi connectivity index (χ0) is 9.38. The molecule has 7 atom stereocenters. The predicted octanol–water partition coefficient (Wildman–Crippen LogP) is 3.57. The summed E-state index contributed by atoms with van der Waals surface area (Å²) in [6, 6.07) is 0. The Morgan fingerprint density at radius 3 is 2.46 bits per heavy atom. The molecule has 3 aliphatic carbocycles. The van der Waals surface area contributed by atoms with E-state index in [4.69, 9.17) is 0 Å². The molecule has 74 valence electrons. The summed E-state index contributed by atoms with van der Waals surface area (Å²) in [5.74, 6) is 6.73. The van der Waals surface area contributed by atoms with Crippen LogP contribution in [-0.4, -0.2) is 0 Å². The molecule has 0 saturated heterocycles. The Hall–Kier alpha value is 0. The third kappa shape index (κ3) is 0.750. The highest BCUT2D eigenvalue weighted by atomic mass is 14.9. The van der Waals surface area contributed by atoms with E-state index in [1.54, 1.807) is 0 Å². The van der Waals surface area contributed by atoms with E-state index in [0.717, 1.165) is 29.1 Å². The second kappa shape index (κ2) is 2.15. The standard InChI is InChI=1S/C13H22/c1-5-7(2)6-9-10-11-8(3)13(11,4)12(9)10/h7-12H,5-6H2,1-4H3. The summed E-state index contributed by atoms with van der Waals surface area (Å²) in [6.45, 7) is 9.77. The van der Waals surface area contributed by atoms with Gasteiger partial charge < -0.3 is 0 Å². The van der Waals surface area contributed by atoms with Crippen molar-refractivity contribution in [1.82, 2.24) is 0 Å². The van der Waals surface area contributed by atoms with Crippen LogP contribution in [0.15, 0.2) is 0 Å². The van der Waals surface area contributed by atoms with Gasteiger partial charge in [-0.1, -0.05) is 34.1 Å². The molecule has 0 nitrogen and oxygen atoms in total. The van der Waals surface area contributed by atoms with Crippen LogP contribution >= 0.6 is 0 Å². The van der Waals surface area contributed by atoms with Gasteiger partial charge in [-0.3, -0.25) is 0 Å². The molecule has 0 aromatic heterocycles. The molecule has 0 radical (unpaired) electrons. The molecular formula is C13H22. The van der Waals surface area contributed by atoms with Gasteiger partial charge in [0.25, 0.3) is 0 Å². The van der Waals surface area contributed by atoms with Crippen molar-refractivity contribution in [3.8, 4) is 0 Å². The van der Waals surface area contributed by atoms with Crippen LogP contribution in [0.25, 0.3) is 0 Å². The summed E-state index contributed by atoms with van der Waals surface area (Å²) >= 11 is 0. The third-order valence-electron chi connectivity index (χ3n) is 5.86. The van der Waals surface area contributed by atoms with E-state index >= 15 is 0 Å². The van der Waals surface area contributed by atoms with Crippen molar-refractivity contribution in [1.29, 1.82) is 0 Å². The first-order valence-corrected chi connectivity index (χ1v) is 6.12. The fourth-order valence-corrected chi connectivity index (χ4v) is 4.65. The van der Waals surface area contributed by atoms with Crippen LogP contribution < -0.4 is 0 Å². The van der Waals surface area contributed by atoms with Gasteiger partial charge in [-0.2, -0.15) is 0 Å². The smallest absolute Gasteiger partial charge is 0.0229 e. The van der Waals surface area contributed by atoms with Gasteiger partial charge in [0.2, 0.25) is 0 Å². The number of hydrogen-bond acceptors (Lipinski definition) is 0. The summed E-state index contributed by atoms with van der Waals surface area (Å²) in [4.78, 5) is 0. The largest absolute Gasteiger partial charge is 0.0651 e. The summed E-state index contributed by atoms with van der Waals surface area (Å²) in [7, 11) is 0. The van der Waals surface area contributed by atoms with Crippen molar-refractivity contribution in [2.24, 2.45) is 40.9 Å². The van der Waals surface area contributed by atoms with Crippen molar-refractivity contribution in [3.05, 3.63) is 0 Å². The quantitative estimate of drug-likeness (QED) is 0.620. The average molecular weight is 178 g/mol. The van der Waals surface area contributed by atoms with Gasteiger partial charge in [-0.25, -0.2) is 0 Å². The van der Waals surface area contributed by atoms with Gasteiger partial charge >= 0.3 is 0 Å². The lowest BCUT2D eigenvalue weighted by molar-refractivity contribution is 0.290. The SMILES string of the molecule is CCC(C)CC1C2C1C1(C)C(C)C21. The van der Waals surface area contributed by atoms with E-state index in [2.05, 4.69) is 27.7 Å². The van der Waals surface area contributed by atoms with Crippen molar-refractivity contribution < 1.29 is 0 Å². The molecule has 0 bridgehead atoms. The maximum atomic E-state index is 2.54. The molecule has 0 N–H and O–H groups in total. The first kappa shape index (κ1) is 8.32. The maximum Gasteiger partial charge on any atom is -0.0229 e. The van der Waals surface area contributed by atoms with Gasteiger partial charge in [0.05, 0.1) is 0 Å². The molecular weight excluding hydrogens is 156 g/mol. The van der Waals surface area contributed by atoms with Crippen LogP contribution in [0.2, 0.25) is 0 Å². The van der Waals surface area contributed by atoms with Crippen molar-refractivity contribution in [2.75, 3.05) is 0 Å². The van der Waals surface area contributed by atoms with Gasteiger partial charge in [0.15, 0.2) is 0 Å². The second-order valence-corrected chi connectivity index (χ2v) is 6.20. The highest BCUT2D eigenvalue weighted by Crippen LogP contribution is 2.90. The summed E-state index contributed by atoms with van der Waals surface area (Å²) in [6.07, 6.45) is 2.91. The van der Waals surface area contributed by atoms with E-state index in [-0.39, 0.29) is 0 Å². The van der Waals surface area contributed by atoms with Crippen molar-refractivity contribution >= 4 is 0 Å². The molecule has 0 heteroatoms. The molecule has 0 heterocycles. The van der Waals surface area contributed by atoms with Crippen LogP contribution in [0.4, 0.5) is 0 Å². The average Bonchev–Trinajstić information content (AvgIpc) is 2.84. The van der Waals surface area contributed by atoms with Gasteiger partial charge in [0, 0.05) is 0 Å². The third-order valence-corrected chi connectivity index (χ3v) is 5.86. The first-order valence-electron chi connectivity index (χ1n) is 6.12. The van der Waals surface area contributed by atoms with Crippen LogP contribution in [0.5, 0.6) is 0 Å². The second-order valence-electron chi connectivity index (χ2n) is 6.20. The molecule has 3 aliphatic rings. The fourth-order valence-electron chi connectivity index (χ4n) is 4.65. The molecule has 13 heavy (non-hydrogen) atoms. The molecule has 0 aromatic rings. The Kier molecular flexibility index (Phi) is 1.37. The minimum atomic E-state index is 0.836. The lowest BCUT2D eigenvalue weighted by atomic mass is 9.86. The number of hydrogen-bond donors (Lipinski definition) is 0. The van der Waals surface area contributed by atoms with E-state index in [9.17, 15) is 0 Å². The van der Waals surface area contributed by atoms with Crippen LogP contribution in [-0.2, 0) is 0 Å². The normalized spacial score (nSPS) is 63.2. The first-order chi connectivity index (χ1) is 6.12. The molecule has 0 aliphatic heterocycles. The molecule has 3 saturated carbocycles. The topological polar surface area (TPSA) is 0 Å². The van der Waals surface area contributed by atoms with Gasteiger partial charge in [-0.15, -0.1) is 0 Å². The predicted molar refractivity (Wildman–Crippen MR) is 55.3 cm³/mol. The fraction of sp³-hybridized carbons (Fsp3) is 1.00. The van der Waals surface area contributed by atoms with Crippen LogP contribution in [0, 0.1) is 40.9 Å². The Bertz CT molecular complexity index is 244. The van der Waals surface area contributed by atoms with Crippen LogP contribution in [0.3, 0.4) is 0 Å². The molecule has 0 spiro atoms. The molecule has 3 rings (SSSR count). The Morgan fingerprint density at radius 2 is 2.00 bits per heavy atom. The summed E-state index contributed by atoms with van der Waals surface area (Å²) < 4.78 is 0. The minimum absolute atomic E-state index is 0.836. The zero-order valence-electron chi connectivity index (χ0n) is 9.38. The van der Waals surface area contributed by atoms with Crippen LogP contribution in [0.1, 0.15) is 40.5 Å². The van der Waals surface area contributed by atoms with E-state index in [1.807, 2.05) is 0 Å². The molecule has 3 fully saturated rings. The monoisotopic (exact) mass is 178 g/mol. The van der Waals surface area contributed by atoms with E-state index in [0.29, 0.717) is 0 Å². The Morgan fingerprint density at radius 1 is 1.31 bits per heavy atom. The van der Waals surface area contributed by atoms with Crippen molar-refractivity contribution in [2.45, 2.75) is 40.5 Å². The Labute approximate surface area is 82.1 Å². The Balaban J connectivity index is 1.59. The lowest BCUT2D eigenvalue weighted by Gasteiger charge is -2.18. The lowest BCUT2D eigenvalue weighted by Crippen LogP contribution is -2.14. The number of fused-ring (bicyclic) bond motifs is 4. The molecule has 0 amide bonds. The van der Waals surface area contributed by atoms with E-state index < -0.39 is 0 Å². The zero-order valence-corrected chi connectivity index (χ0v) is 9.38. The van der Waals surface area contributed by atoms with Gasteiger partial charge in [-0.05, 0) is 47.3 Å².